The maximum atomic E-state index is 12.4. The lowest BCUT2D eigenvalue weighted by Gasteiger charge is -2.15. The summed E-state index contributed by atoms with van der Waals surface area (Å²) in [7, 11) is 3.14. The van der Waals surface area contributed by atoms with Crippen LogP contribution in [0.5, 0.6) is 11.5 Å². The highest BCUT2D eigenvalue weighted by Crippen LogP contribution is 2.31. The molecule has 8 nitrogen and oxygen atoms in total. The number of rotatable bonds is 7. The molecule has 0 bridgehead atoms. The Kier molecular flexibility index (Phi) is 6.35. The normalized spacial score (nSPS) is 12.7. The average Bonchev–Trinajstić information content (AvgIpc) is 3.18. The summed E-state index contributed by atoms with van der Waals surface area (Å²) in [6.45, 7) is 1.08. The molecule has 0 atom stereocenters. The van der Waals surface area contributed by atoms with Crippen LogP contribution in [0.2, 0.25) is 0 Å². The molecule has 2 amide bonds. The van der Waals surface area contributed by atoms with Crippen molar-refractivity contribution in [2.45, 2.75) is 32.2 Å². The lowest BCUT2D eigenvalue weighted by atomic mass is 9.94. The molecule has 2 heterocycles. The number of fused-ring (bicyclic) bond motifs is 1. The van der Waals surface area contributed by atoms with E-state index >= 15 is 0 Å². The van der Waals surface area contributed by atoms with E-state index in [0.29, 0.717) is 30.3 Å². The second-order valence-electron chi connectivity index (χ2n) is 7.39. The molecule has 0 unspecified atom stereocenters. The Labute approximate surface area is 181 Å². The first-order valence-corrected chi connectivity index (χ1v) is 10.5. The number of nitrogens with zero attached hydrogens (tertiary/aromatic N) is 3. The number of carbonyl (C=O) groups excluding carboxylic acids is 1. The summed E-state index contributed by atoms with van der Waals surface area (Å²) in [6, 6.07) is 8.95. The minimum Gasteiger partial charge on any atom is -0.497 e. The number of anilines is 1. The SMILES string of the molecule is COc1ccc(NC(=O)NCCn2nc(-c3ccncc3)c3c2CCCC3)c(OC)c1. The zero-order chi connectivity index (χ0) is 21.6. The van der Waals surface area contributed by atoms with E-state index in [1.165, 1.54) is 24.1 Å². The van der Waals surface area contributed by atoms with Gasteiger partial charge >= 0.3 is 6.03 Å². The topological polar surface area (TPSA) is 90.3 Å². The average molecular weight is 422 g/mol. The number of hydrogen-bond acceptors (Lipinski definition) is 5. The van der Waals surface area contributed by atoms with E-state index < -0.39 is 0 Å². The third-order valence-electron chi connectivity index (χ3n) is 5.48. The molecule has 0 spiro atoms. The van der Waals surface area contributed by atoms with Gasteiger partial charge in [-0.05, 0) is 49.9 Å². The largest absolute Gasteiger partial charge is 0.497 e. The molecule has 2 aromatic heterocycles. The van der Waals surface area contributed by atoms with E-state index in [4.69, 9.17) is 14.6 Å². The molecule has 8 heteroatoms. The van der Waals surface area contributed by atoms with Crippen molar-refractivity contribution in [3.63, 3.8) is 0 Å². The van der Waals surface area contributed by atoms with Gasteiger partial charge in [-0.2, -0.15) is 5.10 Å². The van der Waals surface area contributed by atoms with Crippen LogP contribution in [0.25, 0.3) is 11.3 Å². The Bertz CT molecular complexity index is 1050. The van der Waals surface area contributed by atoms with Crippen molar-refractivity contribution in [3.8, 4) is 22.8 Å². The number of amides is 2. The first kappa shape index (κ1) is 20.7. The fraction of sp³-hybridized carbons (Fsp3) is 0.348. The summed E-state index contributed by atoms with van der Waals surface area (Å²) in [5.74, 6) is 1.20. The summed E-state index contributed by atoms with van der Waals surface area (Å²) in [6.07, 6.45) is 7.99. The maximum Gasteiger partial charge on any atom is 0.319 e. The van der Waals surface area contributed by atoms with Crippen molar-refractivity contribution in [3.05, 3.63) is 54.0 Å². The third kappa shape index (κ3) is 4.63. The summed E-state index contributed by atoms with van der Waals surface area (Å²) >= 11 is 0. The predicted molar refractivity (Wildman–Crippen MR) is 119 cm³/mol. The number of ether oxygens (including phenoxy) is 2. The highest BCUT2D eigenvalue weighted by Gasteiger charge is 2.21. The highest BCUT2D eigenvalue weighted by molar-refractivity contribution is 5.91. The molecule has 162 valence electrons. The smallest absolute Gasteiger partial charge is 0.319 e. The Hall–Kier alpha value is -3.55. The summed E-state index contributed by atoms with van der Waals surface area (Å²) < 4.78 is 12.6. The molecular formula is C23H27N5O3. The zero-order valence-corrected chi connectivity index (χ0v) is 17.9. The molecule has 1 aromatic carbocycles. The van der Waals surface area contributed by atoms with Crippen molar-refractivity contribution in [2.75, 3.05) is 26.1 Å². The van der Waals surface area contributed by atoms with Crippen molar-refractivity contribution < 1.29 is 14.3 Å². The number of benzene rings is 1. The highest BCUT2D eigenvalue weighted by atomic mass is 16.5. The number of pyridine rings is 1. The van der Waals surface area contributed by atoms with Crippen molar-refractivity contribution in [1.82, 2.24) is 20.1 Å². The molecular weight excluding hydrogens is 394 g/mol. The summed E-state index contributed by atoms with van der Waals surface area (Å²) in [5.41, 5.74) is 5.30. The van der Waals surface area contributed by atoms with Gasteiger partial charge in [0.15, 0.2) is 0 Å². The predicted octanol–water partition coefficient (Wildman–Crippen LogP) is 3.66. The summed E-state index contributed by atoms with van der Waals surface area (Å²) in [4.78, 5) is 16.5. The number of urea groups is 1. The van der Waals surface area contributed by atoms with Crippen LogP contribution >= 0.6 is 0 Å². The molecule has 4 rings (SSSR count). The Morgan fingerprint density at radius 3 is 2.68 bits per heavy atom. The number of methoxy groups -OCH3 is 2. The maximum absolute atomic E-state index is 12.4. The number of aromatic nitrogens is 3. The summed E-state index contributed by atoms with van der Waals surface area (Å²) in [5, 5.41) is 10.6. The quantitative estimate of drug-likeness (QED) is 0.608. The van der Waals surface area contributed by atoms with Crippen LogP contribution in [-0.4, -0.2) is 41.6 Å². The van der Waals surface area contributed by atoms with Crippen LogP contribution < -0.4 is 20.1 Å². The minimum absolute atomic E-state index is 0.293. The first-order valence-electron chi connectivity index (χ1n) is 10.5. The van der Waals surface area contributed by atoms with Crippen molar-refractivity contribution >= 4 is 11.7 Å². The van der Waals surface area contributed by atoms with Crippen molar-refractivity contribution in [2.24, 2.45) is 0 Å². The molecule has 1 aliphatic carbocycles. The molecule has 3 aromatic rings. The van der Waals surface area contributed by atoms with Gasteiger partial charge in [0.2, 0.25) is 0 Å². The third-order valence-corrected chi connectivity index (χ3v) is 5.48. The van der Waals surface area contributed by atoms with E-state index in [9.17, 15) is 4.79 Å². The molecule has 0 saturated heterocycles. The van der Waals surface area contributed by atoms with Crippen molar-refractivity contribution in [1.29, 1.82) is 0 Å². The van der Waals surface area contributed by atoms with E-state index in [0.717, 1.165) is 24.1 Å². The monoisotopic (exact) mass is 421 g/mol. The number of nitrogens with one attached hydrogen (secondary N) is 2. The van der Waals surface area contributed by atoms with E-state index in [2.05, 4.69) is 15.6 Å². The second kappa shape index (κ2) is 9.51. The number of carbonyl (C=O) groups is 1. The van der Waals surface area contributed by atoms with Gasteiger partial charge in [-0.3, -0.25) is 9.67 Å². The van der Waals surface area contributed by atoms with Crippen LogP contribution in [0.3, 0.4) is 0 Å². The zero-order valence-electron chi connectivity index (χ0n) is 17.9. The van der Waals surface area contributed by atoms with E-state index in [1.807, 2.05) is 16.8 Å². The fourth-order valence-electron chi connectivity index (χ4n) is 3.94. The molecule has 0 saturated carbocycles. The molecule has 31 heavy (non-hydrogen) atoms. The van der Waals surface area contributed by atoms with Gasteiger partial charge in [0, 0.05) is 41.8 Å². The van der Waals surface area contributed by atoms with Gasteiger partial charge in [0.1, 0.15) is 11.5 Å². The van der Waals surface area contributed by atoms with Gasteiger partial charge in [-0.25, -0.2) is 4.79 Å². The minimum atomic E-state index is -0.293. The molecule has 0 fully saturated rings. The van der Waals surface area contributed by atoms with Gasteiger partial charge in [-0.1, -0.05) is 0 Å². The van der Waals surface area contributed by atoms with Crippen LogP contribution in [0.4, 0.5) is 10.5 Å². The second-order valence-corrected chi connectivity index (χ2v) is 7.39. The van der Waals surface area contributed by atoms with Gasteiger partial charge in [-0.15, -0.1) is 0 Å². The lowest BCUT2D eigenvalue weighted by molar-refractivity contribution is 0.251. The Morgan fingerprint density at radius 1 is 1.10 bits per heavy atom. The van der Waals surface area contributed by atoms with Crippen LogP contribution in [0, 0.1) is 0 Å². The van der Waals surface area contributed by atoms with Gasteiger partial charge in [0.25, 0.3) is 0 Å². The van der Waals surface area contributed by atoms with Gasteiger partial charge in [0.05, 0.1) is 32.1 Å². The van der Waals surface area contributed by atoms with Crippen LogP contribution in [0.15, 0.2) is 42.7 Å². The standard InChI is InChI=1S/C23H27N5O3/c1-30-17-7-8-19(21(15-17)31-2)26-23(29)25-13-14-28-20-6-4-3-5-18(20)22(27-28)16-9-11-24-12-10-16/h7-12,15H,3-6,13-14H2,1-2H3,(H2,25,26,29). The first-order chi connectivity index (χ1) is 15.2. The fourth-order valence-corrected chi connectivity index (χ4v) is 3.94. The lowest BCUT2D eigenvalue weighted by Crippen LogP contribution is -2.32. The van der Waals surface area contributed by atoms with E-state index in [1.54, 1.807) is 44.8 Å². The van der Waals surface area contributed by atoms with E-state index in [-0.39, 0.29) is 6.03 Å². The molecule has 0 radical (unpaired) electrons. The Morgan fingerprint density at radius 2 is 1.90 bits per heavy atom. The van der Waals surface area contributed by atoms with Gasteiger partial charge < -0.3 is 20.1 Å². The van der Waals surface area contributed by atoms with Crippen LogP contribution in [-0.2, 0) is 19.4 Å². The van der Waals surface area contributed by atoms with Crippen LogP contribution in [0.1, 0.15) is 24.1 Å². The Balaban J connectivity index is 1.41. The molecule has 2 N–H and O–H groups in total. The molecule has 0 aliphatic heterocycles. The molecule has 1 aliphatic rings. The number of hydrogen-bond donors (Lipinski definition) is 2.